The van der Waals surface area contributed by atoms with Gasteiger partial charge in [0.15, 0.2) is 11.2 Å². The van der Waals surface area contributed by atoms with E-state index in [-0.39, 0.29) is 11.7 Å². The maximum atomic E-state index is 12.5. The maximum absolute atomic E-state index is 12.5. The summed E-state index contributed by atoms with van der Waals surface area (Å²) in [5.74, 6) is 0.823. The van der Waals surface area contributed by atoms with Gasteiger partial charge in [-0.2, -0.15) is 4.98 Å². The summed E-state index contributed by atoms with van der Waals surface area (Å²) in [7, 11) is 1.59. The van der Waals surface area contributed by atoms with E-state index < -0.39 is 5.69 Å². The fourth-order valence-electron chi connectivity index (χ4n) is 2.41. The Labute approximate surface area is 138 Å². The number of nitrogens with one attached hydrogen (secondary N) is 2. The van der Waals surface area contributed by atoms with Crippen molar-refractivity contribution >= 4 is 28.7 Å². The summed E-state index contributed by atoms with van der Waals surface area (Å²) in [4.78, 5) is 32.0. The fraction of sp³-hybridized carbons (Fsp3) is 0.643. The smallest absolute Gasteiger partial charge is 0.332 e. The minimum Gasteiger partial charge on any atom is -0.393 e. The van der Waals surface area contributed by atoms with Crippen LogP contribution in [0.2, 0.25) is 0 Å². The van der Waals surface area contributed by atoms with Crippen LogP contribution in [-0.2, 0) is 13.6 Å². The van der Waals surface area contributed by atoms with Crippen molar-refractivity contribution in [3.63, 3.8) is 0 Å². The molecule has 0 bridgehead atoms. The second-order valence-corrected chi connectivity index (χ2v) is 5.92. The number of imidazole rings is 1. The molecule has 0 unspecified atom stereocenters. The van der Waals surface area contributed by atoms with Crippen molar-refractivity contribution in [1.29, 1.82) is 0 Å². The third-order valence-corrected chi connectivity index (χ3v) is 3.81. The van der Waals surface area contributed by atoms with E-state index in [0.717, 1.165) is 6.42 Å². The van der Waals surface area contributed by atoms with E-state index in [0.29, 0.717) is 48.9 Å². The van der Waals surface area contributed by atoms with Crippen LogP contribution in [-0.4, -0.2) is 42.7 Å². The molecule has 128 valence electrons. The molecular weight excluding hydrogens is 322 g/mol. The van der Waals surface area contributed by atoms with Crippen LogP contribution >= 0.6 is 11.6 Å². The first-order valence-corrected chi connectivity index (χ1v) is 8.16. The number of halogens is 1. The Kier molecular flexibility index (Phi) is 5.84. The number of unbranched alkanes of at least 4 members (excludes halogenated alkanes) is 1. The molecule has 2 rings (SSSR count). The van der Waals surface area contributed by atoms with Crippen LogP contribution in [0, 0.1) is 0 Å². The summed E-state index contributed by atoms with van der Waals surface area (Å²) in [6.07, 6.45) is 1.67. The van der Waals surface area contributed by atoms with Crippen molar-refractivity contribution in [3.05, 3.63) is 20.8 Å². The van der Waals surface area contributed by atoms with Crippen LogP contribution in [0.4, 0.5) is 5.95 Å². The van der Waals surface area contributed by atoms with Gasteiger partial charge in [-0.1, -0.05) is 0 Å². The normalized spacial score (nSPS) is 12.7. The summed E-state index contributed by atoms with van der Waals surface area (Å²) in [6, 6.07) is 0. The third-order valence-electron chi connectivity index (χ3n) is 3.62. The SMILES string of the molecule is C[C@@H](O)CCCCn1c(=O)c2[nH]c(NCCCl)nc2n(C)c1=O. The number of hydrogen-bond acceptors (Lipinski definition) is 5. The molecular formula is C14H22ClN5O3. The second kappa shape index (κ2) is 7.65. The molecule has 2 heterocycles. The van der Waals surface area contributed by atoms with E-state index in [4.69, 9.17) is 11.6 Å². The Balaban J connectivity index is 2.31. The van der Waals surface area contributed by atoms with Crippen molar-refractivity contribution in [3.8, 4) is 0 Å². The summed E-state index contributed by atoms with van der Waals surface area (Å²) in [6.45, 7) is 2.54. The zero-order valence-electron chi connectivity index (χ0n) is 13.3. The van der Waals surface area contributed by atoms with Crippen molar-refractivity contribution in [2.75, 3.05) is 17.7 Å². The Morgan fingerprint density at radius 1 is 1.39 bits per heavy atom. The number of rotatable bonds is 8. The zero-order valence-corrected chi connectivity index (χ0v) is 14.1. The topological polar surface area (TPSA) is 105 Å². The number of H-pyrrole nitrogens is 1. The monoisotopic (exact) mass is 343 g/mol. The quantitative estimate of drug-likeness (QED) is 0.481. The molecule has 3 N–H and O–H groups in total. The average molecular weight is 344 g/mol. The molecule has 0 aliphatic rings. The summed E-state index contributed by atoms with van der Waals surface area (Å²) in [5, 5.41) is 12.2. The molecule has 0 radical (unpaired) electrons. The molecule has 2 aromatic heterocycles. The van der Waals surface area contributed by atoms with Gasteiger partial charge in [-0.15, -0.1) is 11.6 Å². The molecule has 0 aromatic carbocycles. The molecule has 0 fully saturated rings. The van der Waals surface area contributed by atoms with Crippen LogP contribution in [0.25, 0.3) is 11.2 Å². The molecule has 0 amide bonds. The van der Waals surface area contributed by atoms with Crippen molar-refractivity contribution in [2.45, 2.75) is 38.8 Å². The van der Waals surface area contributed by atoms with Gasteiger partial charge in [0, 0.05) is 26.0 Å². The third kappa shape index (κ3) is 3.94. The average Bonchev–Trinajstić information content (AvgIpc) is 2.94. The van der Waals surface area contributed by atoms with Gasteiger partial charge in [0.2, 0.25) is 5.95 Å². The molecule has 8 nitrogen and oxygen atoms in total. The summed E-state index contributed by atoms with van der Waals surface area (Å²) < 4.78 is 2.56. The van der Waals surface area contributed by atoms with Crippen LogP contribution in [0.5, 0.6) is 0 Å². The number of aliphatic hydroxyl groups is 1. The molecule has 0 aliphatic heterocycles. The van der Waals surface area contributed by atoms with Crippen molar-refractivity contribution in [1.82, 2.24) is 19.1 Å². The molecule has 0 aliphatic carbocycles. The second-order valence-electron chi connectivity index (χ2n) is 5.54. The number of aromatic nitrogens is 4. The van der Waals surface area contributed by atoms with E-state index in [9.17, 15) is 14.7 Å². The lowest BCUT2D eigenvalue weighted by Crippen LogP contribution is -2.39. The molecule has 1 atom stereocenters. The molecule has 0 saturated heterocycles. The summed E-state index contributed by atoms with van der Waals surface area (Å²) in [5.41, 5.74) is -0.168. The van der Waals surface area contributed by atoms with Gasteiger partial charge in [-0.3, -0.25) is 13.9 Å². The van der Waals surface area contributed by atoms with Gasteiger partial charge in [0.1, 0.15) is 0 Å². The zero-order chi connectivity index (χ0) is 17.0. The number of aryl methyl sites for hydroxylation is 1. The first-order valence-electron chi connectivity index (χ1n) is 7.63. The van der Waals surface area contributed by atoms with E-state index in [1.807, 2.05) is 0 Å². The highest BCUT2D eigenvalue weighted by molar-refractivity contribution is 6.18. The van der Waals surface area contributed by atoms with Crippen molar-refractivity contribution in [2.24, 2.45) is 7.05 Å². The van der Waals surface area contributed by atoms with Gasteiger partial charge >= 0.3 is 5.69 Å². The lowest BCUT2D eigenvalue weighted by Gasteiger charge is -2.08. The van der Waals surface area contributed by atoms with Gasteiger partial charge in [-0.05, 0) is 26.2 Å². The predicted octanol–water partition coefficient (Wildman–Crippen LogP) is 0.625. The molecule has 0 spiro atoms. The van der Waals surface area contributed by atoms with Crippen LogP contribution < -0.4 is 16.6 Å². The number of aromatic amines is 1. The van der Waals surface area contributed by atoms with E-state index in [1.165, 1.54) is 9.13 Å². The lowest BCUT2D eigenvalue weighted by atomic mass is 10.2. The van der Waals surface area contributed by atoms with Gasteiger partial charge in [0.25, 0.3) is 5.56 Å². The van der Waals surface area contributed by atoms with E-state index >= 15 is 0 Å². The highest BCUT2D eigenvalue weighted by Crippen LogP contribution is 2.08. The number of fused-ring (bicyclic) bond motifs is 1. The Hall–Kier alpha value is -1.80. The predicted molar refractivity (Wildman–Crippen MR) is 90.3 cm³/mol. The van der Waals surface area contributed by atoms with Crippen molar-refractivity contribution < 1.29 is 5.11 Å². The van der Waals surface area contributed by atoms with Crippen LogP contribution in [0.15, 0.2) is 9.59 Å². The fourth-order valence-corrected chi connectivity index (χ4v) is 2.50. The van der Waals surface area contributed by atoms with Crippen LogP contribution in [0.1, 0.15) is 26.2 Å². The number of anilines is 1. The standard InChI is InChI=1S/C14H22ClN5O3/c1-9(21)5-3-4-8-20-12(22)10-11(19(2)14(20)23)18-13(17-10)16-7-6-15/h9,21H,3-8H2,1-2H3,(H2,16,17,18)/t9-/m1/s1. The number of nitrogens with zero attached hydrogens (tertiary/aromatic N) is 3. The molecule has 9 heteroatoms. The Morgan fingerprint density at radius 3 is 2.78 bits per heavy atom. The van der Waals surface area contributed by atoms with Gasteiger partial charge < -0.3 is 15.4 Å². The first-order chi connectivity index (χ1) is 11.0. The number of hydrogen-bond donors (Lipinski definition) is 3. The molecule has 2 aromatic rings. The largest absolute Gasteiger partial charge is 0.393 e. The minimum atomic E-state index is -0.394. The summed E-state index contributed by atoms with van der Waals surface area (Å²) >= 11 is 5.61. The van der Waals surface area contributed by atoms with Gasteiger partial charge in [0.05, 0.1) is 6.10 Å². The highest BCUT2D eigenvalue weighted by atomic mass is 35.5. The Morgan fingerprint density at radius 2 is 2.13 bits per heavy atom. The molecule has 23 heavy (non-hydrogen) atoms. The highest BCUT2D eigenvalue weighted by Gasteiger charge is 2.15. The molecule has 0 saturated carbocycles. The number of aliphatic hydroxyl groups excluding tert-OH is 1. The minimum absolute atomic E-state index is 0.291. The van der Waals surface area contributed by atoms with E-state index in [2.05, 4.69) is 15.3 Å². The first kappa shape index (κ1) is 17.6. The number of alkyl halides is 1. The van der Waals surface area contributed by atoms with Gasteiger partial charge in [-0.25, -0.2) is 4.79 Å². The van der Waals surface area contributed by atoms with Crippen LogP contribution in [0.3, 0.4) is 0 Å². The van der Waals surface area contributed by atoms with E-state index in [1.54, 1.807) is 14.0 Å². The lowest BCUT2D eigenvalue weighted by molar-refractivity contribution is 0.180. The Bertz CT molecular complexity index is 777. The maximum Gasteiger partial charge on any atom is 0.332 e.